The van der Waals surface area contributed by atoms with Crippen molar-refractivity contribution in [3.63, 3.8) is 0 Å². The van der Waals surface area contributed by atoms with Crippen molar-refractivity contribution in [2.45, 2.75) is 25.0 Å². The predicted molar refractivity (Wildman–Crippen MR) is 88.6 cm³/mol. The second-order valence-electron chi connectivity index (χ2n) is 5.89. The van der Waals surface area contributed by atoms with Crippen LogP contribution in [-0.4, -0.2) is 42.8 Å². The molecular formula is C15H20N2O3S2. The van der Waals surface area contributed by atoms with Crippen LogP contribution >= 0.6 is 11.8 Å². The van der Waals surface area contributed by atoms with Crippen LogP contribution in [0.5, 0.6) is 0 Å². The Morgan fingerprint density at radius 2 is 2.27 bits per heavy atom. The van der Waals surface area contributed by atoms with Gasteiger partial charge in [-0.05, 0) is 43.4 Å². The molecule has 1 aliphatic rings. The summed E-state index contributed by atoms with van der Waals surface area (Å²) in [5.41, 5.74) is 2.84. The predicted octanol–water partition coefficient (Wildman–Crippen LogP) is 2.90. The number of fused-ring (bicyclic) bond motifs is 1. The Hall–Kier alpha value is -1.05. The van der Waals surface area contributed by atoms with Crippen molar-refractivity contribution in [1.29, 1.82) is 0 Å². The molecule has 1 fully saturated rings. The minimum absolute atomic E-state index is 0.352. The number of nitrogens with zero attached hydrogens (tertiary/aromatic N) is 2. The molecule has 22 heavy (non-hydrogen) atoms. The van der Waals surface area contributed by atoms with E-state index in [9.17, 15) is 8.42 Å². The second-order valence-corrected chi connectivity index (χ2v) is 8.84. The van der Waals surface area contributed by atoms with E-state index >= 15 is 0 Å². The molecule has 1 atom stereocenters. The Bertz CT molecular complexity index is 770. The lowest BCUT2D eigenvalue weighted by Crippen LogP contribution is -2.39. The lowest BCUT2D eigenvalue weighted by molar-refractivity contribution is 0.286. The van der Waals surface area contributed by atoms with Crippen molar-refractivity contribution >= 4 is 32.9 Å². The highest BCUT2D eigenvalue weighted by molar-refractivity contribution is 7.99. The smallest absolute Gasteiger partial charge is 0.256 e. The van der Waals surface area contributed by atoms with Gasteiger partial charge in [-0.25, -0.2) is 17.7 Å². The van der Waals surface area contributed by atoms with E-state index in [2.05, 4.69) is 4.98 Å². The van der Waals surface area contributed by atoms with E-state index < -0.39 is 10.0 Å². The summed E-state index contributed by atoms with van der Waals surface area (Å²) in [6, 6.07) is 5.95. The summed E-state index contributed by atoms with van der Waals surface area (Å²) in [7, 11) is -3.08. The highest BCUT2D eigenvalue weighted by Gasteiger charge is 2.26. The molecule has 0 aliphatic carbocycles. The third-order valence-corrected chi connectivity index (χ3v) is 6.25. The highest BCUT2D eigenvalue weighted by atomic mass is 32.2. The standard InChI is InChI=1S/C15H20N2O3S2/c1-11-5-6-14-13(8-11)16-15(20-14)21-10-12-4-3-7-17(9-12)22(2,18)19/h5-6,8,12H,3-4,7,9-10H2,1-2H3/t12-/m1/s1. The van der Waals surface area contributed by atoms with Crippen molar-refractivity contribution in [2.75, 3.05) is 25.1 Å². The number of benzene rings is 1. The fourth-order valence-corrected chi connectivity index (χ4v) is 4.64. The van der Waals surface area contributed by atoms with Crippen LogP contribution in [0.25, 0.3) is 11.1 Å². The van der Waals surface area contributed by atoms with Crippen molar-refractivity contribution in [3.05, 3.63) is 23.8 Å². The minimum Gasteiger partial charge on any atom is -0.431 e. The Balaban J connectivity index is 1.63. The number of aromatic nitrogens is 1. The molecule has 3 rings (SSSR count). The Morgan fingerprint density at radius 3 is 3.05 bits per heavy atom. The molecule has 0 bridgehead atoms. The molecule has 1 aromatic heterocycles. The summed E-state index contributed by atoms with van der Waals surface area (Å²) in [6.45, 7) is 3.27. The summed E-state index contributed by atoms with van der Waals surface area (Å²) in [6.07, 6.45) is 3.26. The molecule has 2 aromatic rings. The zero-order chi connectivity index (χ0) is 15.7. The maximum absolute atomic E-state index is 11.6. The molecule has 5 nitrogen and oxygen atoms in total. The third kappa shape index (κ3) is 3.64. The van der Waals surface area contributed by atoms with E-state index in [4.69, 9.17) is 4.42 Å². The molecule has 7 heteroatoms. The van der Waals surface area contributed by atoms with E-state index in [1.807, 2.05) is 25.1 Å². The van der Waals surface area contributed by atoms with Crippen molar-refractivity contribution in [3.8, 4) is 0 Å². The fraction of sp³-hybridized carbons (Fsp3) is 0.533. The van der Waals surface area contributed by atoms with Crippen LogP contribution in [0.1, 0.15) is 18.4 Å². The fourth-order valence-electron chi connectivity index (χ4n) is 2.73. The molecule has 1 saturated heterocycles. The average molecular weight is 340 g/mol. The first kappa shape index (κ1) is 15.8. The van der Waals surface area contributed by atoms with Gasteiger partial charge in [-0.2, -0.15) is 0 Å². The summed E-state index contributed by atoms with van der Waals surface area (Å²) in [5.74, 6) is 1.18. The van der Waals surface area contributed by atoms with Gasteiger partial charge in [0.1, 0.15) is 5.52 Å². The first-order valence-corrected chi connectivity index (χ1v) is 10.2. The molecule has 0 saturated carbocycles. The van der Waals surface area contributed by atoms with Crippen LogP contribution < -0.4 is 0 Å². The maximum atomic E-state index is 11.6. The number of sulfonamides is 1. The summed E-state index contributed by atoms with van der Waals surface area (Å²) < 4.78 is 30.6. The molecule has 2 heterocycles. The van der Waals surface area contributed by atoms with Gasteiger partial charge in [0, 0.05) is 18.8 Å². The number of hydrogen-bond acceptors (Lipinski definition) is 5. The molecule has 1 aliphatic heterocycles. The molecule has 0 unspecified atom stereocenters. The van der Waals surface area contributed by atoms with Gasteiger partial charge in [0.25, 0.3) is 5.22 Å². The van der Waals surface area contributed by atoms with E-state index in [0.29, 0.717) is 24.2 Å². The molecule has 0 amide bonds. The monoisotopic (exact) mass is 340 g/mol. The lowest BCUT2D eigenvalue weighted by atomic mass is 10.0. The molecule has 1 aromatic carbocycles. The van der Waals surface area contributed by atoms with Crippen LogP contribution in [-0.2, 0) is 10.0 Å². The van der Waals surface area contributed by atoms with Gasteiger partial charge in [-0.3, -0.25) is 0 Å². The average Bonchev–Trinajstić information content (AvgIpc) is 2.86. The van der Waals surface area contributed by atoms with Crippen molar-refractivity contribution in [2.24, 2.45) is 5.92 Å². The zero-order valence-electron chi connectivity index (χ0n) is 12.8. The summed E-state index contributed by atoms with van der Waals surface area (Å²) >= 11 is 1.57. The molecule has 120 valence electrons. The van der Waals surface area contributed by atoms with Gasteiger partial charge in [0.2, 0.25) is 10.0 Å². The first-order valence-electron chi connectivity index (χ1n) is 7.37. The van der Waals surface area contributed by atoms with E-state index in [0.717, 1.165) is 35.3 Å². The Kier molecular flexibility index (Phi) is 4.47. The number of thioether (sulfide) groups is 1. The first-order chi connectivity index (χ1) is 10.4. The lowest BCUT2D eigenvalue weighted by Gasteiger charge is -2.30. The van der Waals surface area contributed by atoms with Gasteiger partial charge in [0.05, 0.1) is 6.26 Å². The minimum atomic E-state index is -3.08. The van der Waals surface area contributed by atoms with E-state index in [1.54, 1.807) is 16.1 Å². The normalized spacial score (nSPS) is 20.5. The summed E-state index contributed by atoms with van der Waals surface area (Å²) in [4.78, 5) is 4.49. The SMILES string of the molecule is Cc1ccc2oc(SC[C@@H]3CCCN(S(C)(=O)=O)C3)nc2c1. The van der Waals surface area contributed by atoms with Gasteiger partial charge in [-0.1, -0.05) is 17.8 Å². The number of oxazole rings is 1. The molecule has 0 radical (unpaired) electrons. The Labute approximate surface area is 135 Å². The quantitative estimate of drug-likeness (QED) is 0.801. The van der Waals surface area contributed by atoms with Gasteiger partial charge < -0.3 is 4.42 Å². The third-order valence-electron chi connectivity index (χ3n) is 3.92. The number of piperidine rings is 1. The Morgan fingerprint density at radius 1 is 1.45 bits per heavy atom. The van der Waals surface area contributed by atoms with E-state index in [-0.39, 0.29) is 0 Å². The van der Waals surface area contributed by atoms with E-state index in [1.165, 1.54) is 6.26 Å². The van der Waals surface area contributed by atoms with Crippen molar-refractivity contribution < 1.29 is 12.8 Å². The largest absolute Gasteiger partial charge is 0.431 e. The summed E-state index contributed by atoms with van der Waals surface area (Å²) in [5, 5.41) is 0.664. The molecule has 0 spiro atoms. The van der Waals surface area contributed by atoms with Crippen LogP contribution in [0.15, 0.2) is 27.8 Å². The maximum Gasteiger partial charge on any atom is 0.256 e. The van der Waals surface area contributed by atoms with Gasteiger partial charge in [-0.15, -0.1) is 0 Å². The van der Waals surface area contributed by atoms with Gasteiger partial charge in [0.15, 0.2) is 5.58 Å². The van der Waals surface area contributed by atoms with Crippen molar-refractivity contribution in [1.82, 2.24) is 9.29 Å². The topological polar surface area (TPSA) is 63.4 Å². The number of hydrogen-bond donors (Lipinski definition) is 0. The number of rotatable bonds is 4. The number of aryl methyl sites for hydroxylation is 1. The molecular weight excluding hydrogens is 320 g/mol. The second kappa shape index (κ2) is 6.22. The van der Waals surface area contributed by atoms with Gasteiger partial charge >= 0.3 is 0 Å². The van der Waals surface area contributed by atoms with Crippen LogP contribution in [0.3, 0.4) is 0 Å². The van der Waals surface area contributed by atoms with Crippen LogP contribution in [0.4, 0.5) is 0 Å². The zero-order valence-corrected chi connectivity index (χ0v) is 14.4. The highest BCUT2D eigenvalue weighted by Crippen LogP contribution is 2.28. The van der Waals surface area contributed by atoms with Crippen LogP contribution in [0, 0.1) is 12.8 Å². The van der Waals surface area contributed by atoms with Crippen LogP contribution in [0.2, 0.25) is 0 Å². The molecule has 0 N–H and O–H groups in total.